The molecule has 0 spiro atoms. The average Bonchev–Trinajstić information content (AvgIpc) is 2.85. The first-order valence-electron chi connectivity index (χ1n) is 8.50. The molecule has 132 valence electrons. The molecule has 1 aliphatic rings. The molecule has 0 fully saturated rings. The third-order valence-electron chi connectivity index (χ3n) is 5.04. The first kappa shape index (κ1) is 17.3. The molecule has 2 atom stereocenters. The predicted octanol–water partition coefficient (Wildman–Crippen LogP) is 2.77. The summed E-state index contributed by atoms with van der Waals surface area (Å²) in [5, 5.41) is 11.5. The summed E-state index contributed by atoms with van der Waals surface area (Å²) >= 11 is 0. The van der Waals surface area contributed by atoms with E-state index in [4.69, 9.17) is 10.5 Å². The fourth-order valence-electron chi connectivity index (χ4n) is 3.82. The van der Waals surface area contributed by atoms with Crippen LogP contribution in [-0.2, 0) is 11.3 Å². The van der Waals surface area contributed by atoms with Crippen molar-refractivity contribution in [3.8, 4) is 5.75 Å². The molecule has 0 radical (unpaired) electrons. The van der Waals surface area contributed by atoms with Crippen molar-refractivity contribution in [3.05, 3.63) is 59.7 Å². The van der Waals surface area contributed by atoms with Crippen molar-refractivity contribution in [1.29, 1.82) is 0 Å². The number of methoxy groups -OCH3 is 1. The first-order chi connectivity index (χ1) is 12.0. The number of carbonyl (C=O) groups is 1. The largest absolute Gasteiger partial charge is 0.496 e. The smallest absolute Gasteiger partial charge is 0.218 e. The molecule has 1 amide bonds. The Balaban J connectivity index is 2.12. The molecule has 3 rings (SSSR count). The Morgan fingerprint density at radius 1 is 1.24 bits per heavy atom. The van der Waals surface area contributed by atoms with Gasteiger partial charge in [-0.1, -0.05) is 43.3 Å². The van der Waals surface area contributed by atoms with E-state index in [2.05, 4.69) is 0 Å². The molecule has 2 aromatic rings. The number of nitrogens with two attached hydrogens (primary N) is 1. The molecular formula is C20H24N2O3. The second-order valence-corrected chi connectivity index (χ2v) is 6.42. The van der Waals surface area contributed by atoms with Gasteiger partial charge in [0.05, 0.1) is 7.11 Å². The van der Waals surface area contributed by atoms with E-state index in [0.29, 0.717) is 18.7 Å². The van der Waals surface area contributed by atoms with E-state index in [1.54, 1.807) is 7.11 Å². The Kier molecular flexibility index (Phi) is 4.68. The fourth-order valence-corrected chi connectivity index (χ4v) is 3.82. The van der Waals surface area contributed by atoms with Gasteiger partial charge in [-0.15, -0.1) is 0 Å². The Bertz CT molecular complexity index is 763. The molecule has 5 nitrogen and oxygen atoms in total. The van der Waals surface area contributed by atoms with Gasteiger partial charge < -0.3 is 20.5 Å². The van der Waals surface area contributed by atoms with Gasteiger partial charge in [-0.3, -0.25) is 4.79 Å². The average molecular weight is 340 g/mol. The van der Waals surface area contributed by atoms with E-state index in [0.717, 1.165) is 16.8 Å². The lowest BCUT2D eigenvalue weighted by molar-refractivity contribution is -0.120. The van der Waals surface area contributed by atoms with E-state index in [-0.39, 0.29) is 6.42 Å². The van der Waals surface area contributed by atoms with Crippen molar-refractivity contribution in [2.24, 2.45) is 5.73 Å². The van der Waals surface area contributed by atoms with Gasteiger partial charge >= 0.3 is 0 Å². The lowest BCUT2D eigenvalue weighted by Crippen LogP contribution is -2.49. The number of amides is 1. The number of benzene rings is 2. The van der Waals surface area contributed by atoms with Gasteiger partial charge in [0, 0.05) is 30.1 Å². The van der Waals surface area contributed by atoms with Crippen molar-refractivity contribution in [3.63, 3.8) is 0 Å². The number of fused-ring (bicyclic) bond motifs is 1. The number of anilines is 1. The van der Waals surface area contributed by atoms with Crippen molar-refractivity contribution in [1.82, 2.24) is 0 Å². The van der Waals surface area contributed by atoms with Crippen molar-refractivity contribution in [2.75, 3.05) is 12.0 Å². The number of aliphatic hydroxyl groups is 1. The zero-order valence-corrected chi connectivity index (χ0v) is 14.6. The summed E-state index contributed by atoms with van der Waals surface area (Å²) < 4.78 is 5.52. The van der Waals surface area contributed by atoms with Gasteiger partial charge in [-0.05, 0) is 24.1 Å². The van der Waals surface area contributed by atoms with E-state index in [9.17, 15) is 9.90 Å². The number of nitrogens with zero attached hydrogens (tertiary/aromatic N) is 1. The van der Waals surface area contributed by atoms with Crippen LogP contribution in [0, 0.1) is 0 Å². The summed E-state index contributed by atoms with van der Waals surface area (Å²) in [5.41, 5.74) is 7.12. The van der Waals surface area contributed by atoms with Crippen LogP contribution in [0.25, 0.3) is 0 Å². The normalized spacial score (nSPS) is 21.9. The van der Waals surface area contributed by atoms with Crippen molar-refractivity contribution < 1.29 is 14.6 Å². The fraction of sp³-hybridized carbons (Fsp3) is 0.350. The molecule has 0 bridgehead atoms. The number of hydrogen-bond acceptors (Lipinski definition) is 4. The molecule has 0 saturated heterocycles. The lowest BCUT2D eigenvalue weighted by Gasteiger charge is -2.38. The molecular weight excluding hydrogens is 316 g/mol. The summed E-state index contributed by atoms with van der Waals surface area (Å²) in [6, 6.07) is 15.7. The summed E-state index contributed by atoms with van der Waals surface area (Å²) in [5.74, 6) is -0.189. The predicted molar refractivity (Wildman–Crippen MR) is 97.4 cm³/mol. The topological polar surface area (TPSA) is 75.8 Å². The van der Waals surface area contributed by atoms with Crippen LogP contribution in [0.1, 0.15) is 36.8 Å². The Hall–Kier alpha value is -2.53. The van der Waals surface area contributed by atoms with Crippen LogP contribution in [0.15, 0.2) is 48.5 Å². The number of hydrogen-bond donors (Lipinski definition) is 2. The van der Waals surface area contributed by atoms with Gasteiger partial charge in [0.1, 0.15) is 11.5 Å². The van der Waals surface area contributed by atoms with Crippen molar-refractivity contribution >= 4 is 11.6 Å². The molecule has 5 heteroatoms. The summed E-state index contributed by atoms with van der Waals surface area (Å²) in [6.45, 7) is 2.46. The molecule has 2 unspecified atom stereocenters. The quantitative estimate of drug-likeness (QED) is 0.848. The van der Waals surface area contributed by atoms with Crippen LogP contribution in [0.5, 0.6) is 5.75 Å². The van der Waals surface area contributed by atoms with Gasteiger partial charge in [-0.25, -0.2) is 0 Å². The molecule has 25 heavy (non-hydrogen) atoms. The molecule has 0 aliphatic carbocycles. The van der Waals surface area contributed by atoms with Gasteiger partial charge in [-0.2, -0.15) is 0 Å². The minimum absolute atomic E-state index is 0.0724. The lowest BCUT2D eigenvalue weighted by atomic mass is 9.86. The van der Waals surface area contributed by atoms with Crippen LogP contribution < -0.4 is 15.4 Å². The third kappa shape index (κ3) is 2.96. The van der Waals surface area contributed by atoms with Crippen LogP contribution in [0.4, 0.5) is 5.69 Å². The van der Waals surface area contributed by atoms with Crippen LogP contribution >= 0.6 is 0 Å². The van der Waals surface area contributed by atoms with Gasteiger partial charge in [0.15, 0.2) is 0 Å². The second-order valence-electron chi connectivity index (χ2n) is 6.42. The minimum atomic E-state index is -1.19. The maximum absolute atomic E-state index is 11.7. The first-order valence-corrected chi connectivity index (χ1v) is 8.50. The Morgan fingerprint density at radius 3 is 2.56 bits per heavy atom. The highest BCUT2D eigenvalue weighted by Crippen LogP contribution is 2.53. The van der Waals surface area contributed by atoms with Crippen LogP contribution in [-0.4, -0.2) is 23.8 Å². The monoisotopic (exact) mass is 340 g/mol. The number of ether oxygens (including phenoxy) is 1. The zero-order chi connectivity index (χ0) is 18.0. The zero-order valence-electron chi connectivity index (χ0n) is 14.6. The summed E-state index contributed by atoms with van der Waals surface area (Å²) in [7, 11) is 1.60. The maximum Gasteiger partial charge on any atom is 0.218 e. The Labute approximate surface area is 148 Å². The molecule has 0 aromatic heterocycles. The Morgan fingerprint density at radius 2 is 1.96 bits per heavy atom. The van der Waals surface area contributed by atoms with E-state index in [1.807, 2.05) is 60.4 Å². The number of carbonyl (C=O) groups excluding carboxylic acids is 1. The minimum Gasteiger partial charge on any atom is -0.496 e. The summed E-state index contributed by atoms with van der Waals surface area (Å²) in [4.78, 5) is 13.7. The standard InChI is InChI=1S/C20H24N2O3/c1-3-20(24)15(12-18(21)23)19-16(10-7-11-17(19)25-2)22(20)13-14-8-5-4-6-9-14/h4-11,15,24H,3,12-13H2,1-2H3,(H2,21,23). The number of rotatable bonds is 6. The van der Waals surface area contributed by atoms with Crippen LogP contribution in [0.3, 0.4) is 0 Å². The van der Waals surface area contributed by atoms with Crippen molar-refractivity contribution in [2.45, 2.75) is 38.0 Å². The second kappa shape index (κ2) is 6.76. The van der Waals surface area contributed by atoms with E-state index >= 15 is 0 Å². The molecule has 1 aliphatic heterocycles. The molecule has 3 N–H and O–H groups in total. The molecule has 2 aromatic carbocycles. The highest BCUT2D eigenvalue weighted by molar-refractivity contribution is 5.78. The third-order valence-corrected chi connectivity index (χ3v) is 5.04. The molecule has 0 saturated carbocycles. The SMILES string of the molecule is CCC1(O)C(CC(N)=O)c2c(OC)cccc2N1Cc1ccccc1. The van der Waals surface area contributed by atoms with Crippen LogP contribution in [0.2, 0.25) is 0 Å². The molecule has 1 heterocycles. The highest BCUT2D eigenvalue weighted by Gasteiger charge is 2.51. The highest BCUT2D eigenvalue weighted by atomic mass is 16.5. The maximum atomic E-state index is 11.7. The summed E-state index contributed by atoms with van der Waals surface area (Å²) in [6.07, 6.45) is 0.540. The van der Waals surface area contributed by atoms with E-state index in [1.165, 1.54) is 0 Å². The van der Waals surface area contributed by atoms with Gasteiger partial charge in [0.25, 0.3) is 0 Å². The number of primary amides is 1. The van der Waals surface area contributed by atoms with E-state index < -0.39 is 17.6 Å². The van der Waals surface area contributed by atoms with Gasteiger partial charge in [0.2, 0.25) is 5.91 Å².